The fraction of sp³-hybridized carbons (Fsp3) is 0.150. The van der Waals surface area contributed by atoms with Crippen LogP contribution < -0.4 is 10.6 Å². The predicted molar refractivity (Wildman–Crippen MR) is 104 cm³/mol. The Balaban J connectivity index is 1.75. The van der Waals surface area contributed by atoms with Crippen molar-refractivity contribution >= 4 is 23.4 Å². The van der Waals surface area contributed by atoms with Gasteiger partial charge in [-0.2, -0.15) is 0 Å². The van der Waals surface area contributed by atoms with Crippen LogP contribution in [0.25, 0.3) is 5.69 Å². The second kappa shape index (κ2) is 8.51. The molecule has 0 spiro atoms. The molecule has 7 heteroatoms. The normalized spacial score (nSPS) is 10.4. The van der Waals surface area contributed by atoms with Gasteiger partial charge in [0.05, 0.1) is 29.8 Å². The van der Waals surface area contributed by atoms with E-state index >= 15 is 0 Å². The second-order valence-electron chi connectivity index (χ2n) is 6.01. The van der Waals surface area contributed by atoms with Gasteiger partial charge in [0.1, 0.15) is 0 Å². The number of para-hydroxylation sites is 1. The molecule has 2 aromatic carbocycles. The van der Waals surface area contributed by atoms with E-state index in [-0.39, 0.29) is 11.8 Å². The van der Waals surface area contributed by atoms with Gasteiger partial charge in [0, 0.05) is 24.7 Å². The van der Waals surface area contributed by atoms with E-state index < -0.39 is 0 Å². The standard InChI is InChI=1S/C20H19ClN4O2/c1-14(26)22-11-17-12-25(13-24-17)19-8-3-2-7-18(19)20(27)23-10-15-5-4-6-16(21)9-15/h2-9,12-13H,10-11H2,1H3,(H,22,26)(H,23,27). The number of hydrogen-bond donors (Lipinski definition) is 2. The minimum atomic E-state index is -0.192. The van der Waals surface area contributed by atoms with Gasteiger partial charge in [-0.1, -0.05) is 35.9 Å². The van der Waals surface area contributed by atoms with Crippen LogP contribution in [0.3, 0.4) is 0 Å². The van der Waals surface area contributed by atoms with E-state index in [1.54, 1.807) is 29.2 Å². The summed E-state index contributed by atoms with van der Waals surface area (Å²) in [6, 6.07) is 14.6. The third-order valence-electron chi connectivity index (χ3n) is 3.92. The van der Waals surface area contributed by atoms with Gasteiger partial charge in [-0.15, -0.1) is 0 Å². The summed E-state index contributed by atoms with van der Waals surface area (Å²) < 4.78 is 1.77. The highest BCUT2D eigenvalue weighted by atomic mass is 35.5. The molecule has 0 atom stereocenters. The van der Waals surface area contributed by atoms with E-state index in [4.69, 9.17) is 11.6 Å². The molecule has 0 fully saturated rings. The van der Waals surface area contributed by atoms with Crippen molar-refractivity contribution in [3.8, 4) is 5.69 Å². The van der Waals surface area contributed by atoms with Gasteiger partial charge < -0.3 is 15.2 Å². The lowest BCUT2D eigenvalue weighted by molar-refractivity contribution is -0.119. The molecular weight excluding hydrogens is 364 g/mol. The monoisotopic (exact) mass is 382 g/mol. The molecule has 0 aliphatic carbocycles. The predicted octanol–water partition coefficient (Wildman–Crippen LogP) is 3.09. The van der Waals surface area contributed by atoms with E-state index in [9.17, 15) is 9.59 Å². The van der Waals surface area contributed by atoms with Crippen LogP contribution in [-0.4, -0.2) is 21.4 Å². The summed E-state index contributed by atoms with van der Waals surface area (Å²) in [4.78, 5) is 28.0. The Kier molecular flexibility index (Phi) is 5.88. The molecule has 0 radical (unpaired) electrons. The zero-order chi connectivity index (χ0) is 19.2. The molecule has 1 heterocycles. The molecule has 0 saturated carbocycles. The van der Waals surface area contributed by atoms with Gasteiger partial charge in [-0.25, -0.2) is 4.98 Å². The summed E-state index contributed by atoms with van der Waals surface area (Å²) in [5, 5.41) is 6.25. The van der Waals surface area contributed by atoms with Crippen molar-refractivity contribution in [2.45, 2.75) is 20.0 Å². The number of hydrogen-bond acceptors (Lipinski definition) is 3. The summed E-state index contributed by atoms with van der Waals surface area (Å²) in [5.74, 6) is -0.312. The summed E-state index contributed by atoms with van der Waals surface area (Å²) >= 11 is 5.98. The van der Waals surface area contributed by atoms with Gasteiger partial charge in [0.25, 0.3) is 5.91 Å². The Morgan fingerprint density at radius 1 is 1.07 bits per heavy atom. The van der Waals surface area contributed by atoms with Gasteiger partial charge >= 0.3 is 0 Å². The molecule has 2 N–H and O–H groups in total. The number of halogens is 1. The molecule has 27 heavy (non-hydrogen) atoms. The minimum Gasteiger partial charge on any atom is -0.351 e. The average Bonchev–Trinajstić information content (AvgIpc) is 3.13. The molecular formula is C20H19ClN4O2. The summed E-state index contributed by atoms with van der Waals surface area (Å²) in [7, 11) is 0. The summed E-state index contributed by atoms with van der Waals surface area (Å²) in [5.41, 5.74) is 2.87. The number of imidazole rings is 1. The van der Waals surface area contributed by atoms with Gasteiger partial charge in [-0.05, 0) is 29.8 Å². The van der Waals surface area contributed by atoms with Crippen LogP contribution in [0.1, 0.15) is 28.5 Å². The second-order valence-corrected chi connectivity index (χ2v) is 6.45. The maximum atomic E-state index is 12.7. The SMILES string of the molecule is CC(=O)NCc1cn(-c2ccccc2C(=O)NCc2cccc(Cl)c2)cn1. The van der Waals surface area contributed by atoms with E-state index in [1.807, 2.05) is 36.4 Å². The maximum Gasteiger partial charge on any atom is 0.253 e. The topological polar surface area (TPSA) is 76.0 Å². The number of nitrogens with one attached hydrogen (secondary N) is 2. The van der Waals surface area contributed by atoms with Gasteiger partial charge in [-0.3, -0.25) is 9.59 Å². The highest BCUT2D eigenvalue weighted by Gasteiger charge is 2.13. The number of carbonyl (C=O) groups excluding carboxylic acids is 2. The van der Waals surface area contributed by atoms with Crippen molar-refractivity contribution in [2.75, 3.05) is 0 Å². The Morgan fingerprint density at radius 3 is 2.67 bits per heavy atom. The zero-order valence-electron chi connectivity index (χ0n) is 14.8. The highest BCUT2D eigenvalue weighted by Crippen LogP contribution is 2.16. The third-order valence-corrected chi connectivity index (χ3v) is 4.16. The Morgan fingerprint density at radius 2 is 1.89 bits per heavy atom. The first-order chi connectivity index (χ1) is 13.0. The lowest BCUT2D eigenvalue weighted by Crippen LogP contribution is -2.24. The van der Waals surface area contributed by atoms with E-state index in [0.717, 1.165) is 5.56 Å². The molecule has 0 saturated heterocycles. The van der Waals surface area contributed by atoms with Crippen molar-refractivity contribution in [3.63, 3.8) is 0 Å². The van der Waals surface area contributed by atoms with Crippen LogP contribution >= 0.6 is 11.6 Å². The third kappa shape index (κ3) is 4.95. The Bertz CT molecular complexity index is 968. The fourth-order valence-corrected chi connectivity index (χ4v) is 2.83. The molecule has 3 rings (SSSR count). The molecule has 0 bridgehead atoms. The van der Waals surface area contributed by atoms with Crippen LogP contribution in [0.15, 0.2) is 61.1 Å². The lowest BCUT2D eigenvalue weighted by atomic mass is 10.1. The van der Waals surface area contributed by atoms with Crippen molar-refractivity contribution < 1.29 is 9.59 Å². The van der Waals surface area contributed by atoms with Crippen molar-refractivity contribution in [1.29, 1.82) is 0 Å². The van der Waals surface area contributed by atoms with Crippen LogP contribution in [0.4, 0.5) is 0 Å². The fourth-order valence-electron chi connectivity index (χ4n) is 2.62. The summed E-state index contributed by atoms with van der Waals surface area (Å²) in [6.07, 6.45) is 3.42. The molecule has 0 aliphatic heterocycles. The van der Waals surface area contributed by atoms with Crippen LogP contribution in [0.5, 0.6) is 0 Å². The molecule has 3 aromatic rings. The summed E-state index contributed by atoms with van der Waals surface area (Å²) in [6.45, 7) is 2.17. The number of amides is 2. The molecule has 138 valence electrons. The largest absolute Gasteiger partial charge is 0.351 e. The van der Waals surface area contributed by atoms with Crippen molar-refractivity contribution in [2.24, 2.45) is 0 Å². The molecule has 6 nitrogen and oxygen atoms in total. The molecule has 0 aliphatic rings. The molecule has 1 aromatic heterocycles. The molecule has 0 unspecified atom stereocenters. The number of carbonyl (C=O) groups is 2. The first kappa shape index (κ1) is 18.7. The van der Waals surface area contributed by atoms with Crippen LogP contribution in [0, 0.1) is 0 Å². The first-order valence-corrected chi connectivity index (χ1v) is 8.80. The molecule has 2 amide bonds. The van der Waals surface area contributed by atoms with E-state index in [0.29, 0.717) is 35.1 Å². The number of nitrogens with zero attached hydrogens (tertiary/aromatic N) is 2. The number of benzene rings is 2. The lowest BCUT2D eigenvalue weighted by Gasteiger charge is -2.11. The zero-order valence-corrected chi connectivity index (χ0v) is 15.5. The number of rotatable bonds is 6. The number of aromatic nitrogens is 2. The Labute approximate surface area is 162 Å². The smallest absolute Gasteiger partial charge is 0.253 e. The van der Waals surface area contributed by atoms with Gasteiger partial charge in [0.15, 0.2) is 0 Å². The first-order valence-electron chi connectivity index (χ1n) is 8.42. The van der Waals surface area contributed by atoms with Crippen LogP contribution in [0.2, 0.25) is 5.02 Å². The minimum absolute atomic E-state index is 0.120. The Hall–Kier alpha value is -3.12. The maximum absolute atomic E-state index is 12.7. The van der Waals surface area contributed by atoms with E-state index in [2.05, 4.69) is 15.6 Å². The van der Waals surface area contributed by atoms with Crippen molar-refractivity contribution in [1.82, 2.24) is 20.2 Å². The highest BCUT2D eigenvalue weighted by molar-refractivity contribution is 6.30. The van der Waals surface area contributed by atoms with Crippen molar-refractivity contribution in [3.05, 3.63) is 82.9 Å². The average molecular weight is 383 g/mol. The van der Waals surface area contributed by atoms with Gasteiger partial charge in [0.2, 0.25) is 5.91 Å². The van der Waals surface area contributed by atoms with E-state index in [1.165, 1.54) is 6.92 Å². The van der Waals surface area contributed by atoms with Crippen LogP contribution in [-0.2, 0) is 17.9 Å². The quantitative estimate of drug-likeness (QED) is 0.687.